The van der Waals surface area contributed by atoms with Gasteiger partial charge in [0, 0.05) is 14.0 Å². The molecule has 1 N–H and O–H groups in total. The second-order valence-corrected chi connectivity index (χ2v) is 3.93. The molecular weight excluding hydrogens is 220 g/mol. The molecule has 0 radical (unpaired) electrons. The van der Waals surface area contributed by atoms with Crippen molar-refractivity contribution in [3.63, 3.8) is 0 Å². The lowest BCUT2D eigenvalue weighted by molar-refractivity contribution is -0.126. The number of ether oxygens (including phenoxy) is 1. The monoisotopic (exact) mass is 234 g/mol. The van der Waals surface area contributed by atoms with Crippen LogP contribution in [0.15, 0.2) is 24.3 Å². The molecule has 2 amide bonds. The summed E-state index contributed by atoms with van der Waals surface area (Å²) in [5.41, 5.74) is 0.713. The number of rotatable bonds is 1. The lowest BCUT2D eigenvalue weighted by Crippen LogP contribution is -2.48. The Kier molecular flexibility index (Phi) is 2.99. The number of anilines is 1. The number of benzene rings is 1. The van der Waals surface area contributed by atoms with Crippen molar-refractivity contribution >= 4 is 17.5 Å². The molecule has 0 aliphatic carbocycles. The minimum Gasteiger partial charge on any atom is -0.489 e. The smallest absolute Gasteiger partial charge is 0.252 e. The number of amides is 2. The Hall–Kier alpha value is -2.04. The predicted octanol–water partition coefficient (Wildman–Crippen LogP) is 0.546. The summed E-state index contributed by atoms with van der Waals surface area (Å²) in [4.78, 5) is 24.6. The summed E-state index contributed by atoms with van der Waals surface area (Å²) >= 11 is 0. The highest BCUT2D eigenvalue weighted by Gasteiger charge is 2.29. The third-order valence-corrected chi connectivity index (χ3v) is 2.64. The van der Waals surface area contributed by atoms with Crippen LogP contribution in [0, 0.1) is 0 Å². The molecule has 0 fully saturated rings. The van der Waals surface area contributed by atoms with Gasteiger partial charge in [0.25, 0.3) is 5.91 Å². The van der Waals surface area contributed by atoms with Crippen LogP contribution in [0.5, 0.6) is 5.75 Å². The van der Waals surface area contributed by atoms with Crippen molar-refractivity contribution in [2.24, 2.45) is 0 Å². The average Bonchev–Trinajstić information content (AvgIpc) is 2.42. The van der Waals surface area contributed by atoms with Crippen molar-refractivity contribution in [3.05, 3.63) is 24.3 Å². The topological polar surface area (TPSA) is 58.6 Å². The molecule has 90 valence electrons. The van der Waals surface area contributed by atoms with E-state index < -0.39 is 6.04 Å². The van der Waals surface area contributed by atoms with E-state index in [1.54, 1.807) is 13.1 Å². The summed E-state index contributed by atoms with van der Waals surface area (Å²) in [5, 5.41) is 2.58. The van der Waals surface area contributed by atoms with Crippen LogP contribution in [0.1, 0.15) is 6.92 Å². The van der Waals surface area contributed by atoms with Gasteiger partial charge in [-0.3, -0.25) is 9.59 Å². The summed E-state index contributed by atoms with van der Waals surface area (Å²) in [6.07, 6.45) is 0. The lowest BCUT2D eigenvalue weighted by Gasteiger charge is -2.19. The Morgan fingerprint density at radius 3 is 2.88 bits per heavy atom. The number of hydrogen-bond donors (Lipinski definition) is 1. The quantitative estimate of drug-likeness (QED) is 0.771. The zero-order valence-electron chi connectivity index (χ0n) is 9.77. The van der Waals surface area contributed by atoms with E-state index in [0.717, 1.165) is 0 Å². The average molecular weight is 234 g/mol. The van der Waals surface area contributed by atoms with Gasteiger partial charge in [0.1, 0.15) is 18.4 Å². The maximum atomic E-state index is 12.1. The number of carbonyl (C=O) groups excluding carboxylic acids is 2. The molecule has 1 atom stereocenters. The lowest BCUT2D eigenvalue weighted by atomic mass is 10.2. The highest BCUT2D eigenvalue weighted by Crippen LogP contribution is 2.29. The van der Waals surface area contributed by atoms with E-state index in [0.29, 0.717) is 11.4 Å². The van der Waals surface area contributed by atoms with E-state index in [1.807, 2.05) is 18.2 Å². The van der Waals surface area contributed by atoms with Crippen LogP contribution < -0.4 is 15.0 Å². The molecule has 5 heteroatoms. The fraction of sp³-hybridized carbons (Fsp3) is 0.333. The normalized spacial score (nSPS) is 19.1. The number of hydrogen-bond acceptors (Lipinski definition) is 3. The van der Waals surface area contributed by atoms with Gasteiger partial charge < -0.3 is 15.0 Å². The van der Waals surface area contributed by atoms with Crippen LogP contribution in [0.25, 0.3) is 0 Å². The van der Waals surface area contributed by atoms with Crippen LogP contribution >= 0.6 is 0 Å². The number of likely N-dealkylation sites (N-methyl/N-ethyl adjacent to an activating group) is 1. The maximum Gasteiger partial charge on any atom is 0.252 e. The minimum absolute atomic E-state index is 0.153. The van der Waals surface area contributed by atoms with E-state index in [4.69, 9.17) is 4.74 Å². The molecule has 1 heterocycles. The highest BCUT2D eigenvalue weighted by atomic mass is 16.5. The summed E-state index contributed by atoms with van der Waals surface area (Å²) in [6.45, 7) is 1.53. The molecule has 2 rings (SSSR count). The van der Waals surface area contributed by atoms with Crippen molar-refractivity contribution in [2.45, 2.75) is 13.0 Å². The number of nitrogens with zero attached hydrogens (tertiary/aromatic N) is 1. The summed E-state index contributed by atoms with van der Waals surface area (Å²) in [5.74, 6) is 0.229. The standard InChI is InChI=1S/C12H14N2O3/c1-8(15)13-9-7-17-11-6-4-3-5-10(11)14(2)12(9)16/h3-6,9H,7H2,1-2H3,(H,13,15). The van der Waals surface area contributed by atoms with Crippen molar-refractivity contribution in [1.82, 2.24) is 5.32 Å². The fourth-order valence-corrected chi connectivity index (χ4v) is 1.80. The molecule has 0 aromatic heterocycles. The van der Waals surface area contributed by atoms with E-state index in [2.05, 4.69) is 5.32 Å². The predicted molar refractivity (Wildman–Crippen MR) is 63.0 cm³/mol. The van der Waals surface area contributed by atoms with Gasteiger partial charge in [0.2, 0.25) is 5.91 Å². The SMILES string of the molecule is CC(=O)NC1COc2ccccc2N(C)C1=O. The molecule has 1 unspecified atom stereocenters. The number of nitrogens with one attached hydrogen (secondary N) is 1. The molecule has 1 aliphatic heterocycles. The third kappa shape index (κ3) is 2.22. The fourth-order valence-electron chi connectivity index (χ4n) is 1.80. The largest absolute Gasteiger partial charge is 0.489 e. The molecule has 5 nitrogen and oxygen atoms in total. The first kappa shape index (κ1) is 11.4. The Morgan fingerprint density at radius 2 is 2.18 bits per heavy atom. The van der Waals surface area contributed by atoms with Crippen LogP contribution in [-0.2, 0) is 9.59 Å². The molecule has 0 saturated carbocycles. The second kappa shape index (κ2) is 4.45. The molecular formula is C12H14N2O3. The van der Waals surface area contributed by atoms with Gasteiger partial charge in [0.15, 0.2) is 0 Å². The number of para-hydroxylation sites is 2. The Bertz CT molecular complexity index is 459. The minimum atomic E-state index is -0.634. The van der Waals surface area contributed by atoms with Gasteiger partial charge in [-0.15, -0.1) is 0 Å². The first-order valence-corrected chi connectivity index (χ1v) is 5.36. The van der Waals surface area contributed by atoms with E-state index >= 15 is 0 Å². The zero-order chi connectivity index (χ0) is 12.4. The molecule has 17 heavy (non-hydrogen) atoms. The van der Waals surface area contributed by atoms with Crippen LogP contribution in [-0.4, -0.2) is 31.5 Å². The van der Waals surface area contributed by atoms with Gasteiger partial charge >= 0.3 is 0 Å². The van der Waals surface area contributed by atoms with Gasteiger partial charge in [0.05, 0.1) is 5.69 Å². The first-order valence-electron chi connectivity index (χ1n) is 5.36. The van der Waals surface area contributed by atoms with Gasteiger partial charge in [-0.2, -0.15) is 0 Å². The van der Waals surface area contributed by atoms with E-state index in [1.165, 1.54) is 11.8 Å². The van der Waals surface area contributed by atoms with E-state index in [-0.39, 0.29) is 18.4 Å². The van der Waals surface area contributed by atoms with Crippen LogP contribution in [0.2, 0.25) is 0 Å². The van der Waals surface area contributed by atoms with Gasteiger partial charge in [-0.1, -0.05) is 12.1 Å². The molecule has 0 saturated heterocycles. The Balaban J connectivity index is 2.29. The Labute approximate surface area is 99.4 Å². The Morgan fingerprint density at radius 1 is 1.47 bits per heavy atom. The zero-order valence-corrected chi connectivity index (χ0v) is 9.77. The second-order valence-electron chi connectivity index (χ2n) is 3.93. The molecule has 0 bridgehead atoms. The van der Waals surface area contributed by atoms with Crippen LogP contribution in [0.3, 0.4) is 0 Å². The summed E-state index contributed by atoms with van der Waals surface area (Å²) in [6, 6.07) is 6.66. The molecule has 1 aromatic rings. The first-order chi connectivity index (χ1) is 8.09. The van der Waals surface area contributed by atoms with Crippen molar-refractivity contribution in [2.75, 3.05) is 18.6 Å². The summed E-state index contributed by atoms with van der Waals surface area (Å²) < 4.78 is 5.53. The maximum absolute atomic E-state index is 12.1. The van der Waals surface area contributed by atoms with Gasteiger partial charge in [-0.25, -0.2) is 0 Å². The molecule has 1 aliphatic rings. The summed E-state index contributed by atoms with van der Waals surface area (Å²) in [7, 11) is 1.67. The highest BCUT2D eigenvalue weighted by molar-refractivity contribution is 6.00. The van der Waals surface area contributed by atoms with Crippen molar-refractivity contribution in [3.8, 4) is 5.75 Å². The third-order valence-electron chi connectivity index (χ3n) is 2.64. The molecule has 1 aromatic carbocycles. The van der Waals surface area contributed by atoms with Crippen molar-refractivity contribution in [1.29, 1.82) is 0 Å². The number of fused-ring (bicyclic) bond motifs is 1. The van der Waals surface area contributed by atoms with E-state index in [9.17, 15) is 9.59 Å². The number of carbonyl (C=O) groups is 2. The van der Waals surface area contributed by atoms with Gasteiger partial charge in [-0.05, 0) is 12.1 Å². The van der Waals surface area contributed by atoms with Crippen molar-refractivity contribution < 1.29 is 14.3 Å². The molecule has 0 spiro atoms. The van der Waals surface area contributed by atoms with Crippen LogP contribution in [0.4, 0.5) is 5.69 Å².